The summed E-state index contributed by atoms with van der Waals surface area (Å²) >= 11 is 3.15. The Morgan fingerprint density at radius 2 is 2.46 bits per heavy atom. The molecule has 0 aliphatic carbocycles. The van der Waals surface area contributed by atoms with E-state index in [4.69, 9.17) is 0 Å². The van der Waals surface area contributed by atoms with Crippen molar-refractivity contribution in [3.05, 3.63) is 39.5 Å². The van der Waals surface area contributed by atoms with Crippen LogP contribution in [0.3, 0.4) is 0 Å². The normalized spacial score (nSPS) is 10.0. The first kappa shape index (κ1) is 10.2. The van der Waals surface area contributed by atoms with Gasteiger partial charge in [0.25, 0.3) is 5.56 Å². The molecule has 1 aromatic rings. The minimum Gasteiger partial charge on any atom is -0.296 e. The summed E-state index contributed by atoms with van der Waals surface area (Å²) in [5, 5.41) is 0. The van der Waals surface area contributed by atoms with E-state index in [-0.39, 0.29) is 5.56 Å². The van der Waals surface area contributed by atoms with Crippen molar-refractivity contribution < 1.29 is 0 Å². The molecule has 0 aliphatic rings. The molecule has 0 unspecified atom stereocenters. The molecular weight excluding hydrogens is 232 g/mol. The molecular formula is C9H11BrN2O. The zero-order valence-electron chi connectivity index (χ0n) is 7.46. The first-order valence-corrected chi connectivity index (χ1v) is 4.79. The van der Waals surface area contributed by atoms with E-state index in [1.54, 1.807) is 10.6 Å². The van der Waals surface area contributed by atoms with Gasteiger partial charge in [0.15, 0.2) is 0 Å². The van der Waals surface area contributed by atoms with Crippen molar-refractivity contribution in [3.8, 4) is 0 Å². The van der Waals surface area contributed by atoms with E-state index in [0.717, 1.165) is 12.2 Å². The minimum absolute atomic E-state index is 0.0330. The van der Waals surface area contributed by atoms with Crippen LogP contribution in [0.1, 0.15) is 12.2 Å². The lowest BCUT2D eigenvalue weighted by Gasteiger charge is -2.06. The molecule has 0 aliphatic heterocycles. The van der Waals surface area contributed by atoms with Gasteiger partial charge in [-0.05, 0) is 29.3 Å². The largest absolute Gasteiger partial charge is 0.296 e. The number of nitrogens with zero attached hydrogens (tertiary/aromatic N) is 2. The molecule has 3 nitrogen and oxygen atoms in total. The first-order chi connectivity index (χ1) is 6.16. The van der Waals surface area contributed by atoms with E-state index >= 15 is 0 Å². The van der Waals surface area contributed by atoms with Crippen LogP contribution in [0.5, 0.6) is 0 Å². The number of rotatable bonds is 3. The quantitative estimate of drug-likeness (QED) is 0.760. The summed E-state index contributed by atoms with van der Waals surface area (Å²) in [5.74, 6) is 0.732. The summed E-state index contributed by atoms with van der Waals surface area (Å²) in [6.45, 7) is 6.07. The standard InChI is InChI=1S/C9H11BrN2O/c1-3-4-5-12-7(2)11-6-8(10)9(12)13/h3,6H,1,4-5H2,2H3. The average molecular weight is 243 g/mol. The van der Waals surface area contributed by atoms with Gasteiger partial charge in [0.05, 0.1) is 0 Å². The molecule has 1 rings (SSSR count). The molecule has 1 heterocycles. The Balaban J connectivity index is 3.10. The van der Waals surface area contributed by atoms with Gasteiger partial charge in [-0.25, -0.2) is 4.98 Å². The van der Waals surface area contributed by atoms with Crippen LogP contribution in [0.25, 0.3) is 0 Å². The van der Waals surface area contributed by atoms with Gasteiger partial charge >= 0.3 is 0 Å². The number of hydrogen-bond donors (Lipinski definition) is 0. The fourth-order valence-electron chi connectivity index (χ4n) is 1.03. The minimum atomic E-state index is -0.0330. The zero-order chi connectivity index (χ0) is 9.84. The smallest absolute Gasteiger partial charge is 0.267 e. The van der Waals surface area contributed by atoms with Crippen LogP contribution in [0.2, 0.25) is 0 Å². The van der Waals surface area contributed by atoms with Crippen LogP contribution >= 0.6 is 15.9 Å². The molecule has 0 saturated heterocycles. The summed E-state index contributed by atoms with van der Waals surface area (Å²) in [6.07, 6.45) is 4.09. The molecule has 70 valence electrons. The van der Waals surface area contributed by atoms with E-state index in [1.165, 1.54) is 6.20 Å². The Labute approximate surface area is 85.2 Å². The molecule has 0 bridgehead atoms. The lowest BCUT2D eigenvalue weighted by molar-refractivity contribution is 0.635. The molecule has 0 radical (unpaired) electrons. The topological polar surface area (TPSA) is 34.9 Å². The second kappa shape index (κ2) is 4.37. The predicted octanol–water partition coefficient (Wildman–Crippen LogP) is 1.89. The third-order valence-electron chi connectivity index (χ3n) is 1.76. The highest BCUT2D eigenvalue weighted by atomic mass is 79.9. The molecule has 0 spiro atoms. The Bertz CT molecular complexity index is 370. The van der Waals surface area contributed by atoms with Crippen LogP contribution in [-0.4, -0.2) is 9.55 Å². The molecule has 0 aromatic carbocycles. The maximum absolute atomic E-state index is 11.5. The molecule has 0 amide bonds. The van der Waals surface area contributed by atoms with Gasteiger partial charge in [-0.3, -0.25) is 9.36 Å². The lowest BCUT2D eigenvalue weighted by Crippen LogP contribution is -2.23. The van der Waals surface area contributed by atoms with Crippen molar-refractivity contribution >= 4 is 15.9 Å². The van der Waals surface area contributed by atoms with Crippen LogP contribution in [0, 0.1) is 6.92 Å². The second-order valence-electron chi connectivity index (χ2n) is 2.69. The van der Waals surface area contributed by atoms with Gasteiger partial charge in [0, 0.05) is 12.7 Å². The Hall–Kier alpha value is -0.900. The summed E-state index contributed by atoms with van der Waals surface area (Å²) in [7, 11) is 0. The van der Waals surface area contributed by atoms with E-state index in [0.29, 0.717) is 11.0 Å². The summed E-state index contributed by atoms with van der Waals surface area (Å²) in [6, 6.07) is 0. The van der Waals surface area contributed by atoms with Crippen molar-refractivity contribution in [2.24, 2.45) is 0 Å². The predicted molar refractivity (Wildman–Crippen MR) is 55.7 cm³/mol. The van der Waals surface area contributed by atoms with Gasteiger partial charge < -0.3 is 0 Å². The molecule has 0 atom stereocenters. The van der Waals surface area contributed by atoms with Crippen molar-refractivity contribution in [3.63, 3.8) is 0 Å². The van der Waals surface area contributed by atoms with Crippen molar-refractivity contribution in [1.29, 1.82) is 0 Å². The van der Waals surface area contributed by atoms with E-state index < -0.39 is 0 Å². The van der Waals surface area contributed by atoms with Crippen LogP contribution < -0.4 is 5.56 Å². The number of aromatic nitrogens is 2. The lowest BCUT2D eigenvalue weighted by atomic mass is 10.4. The Morgan fingerprint density at radius 1 is 1.77 bits per heavy atom. The summed E-state index contributed by atoms with van der Waals surface area (Å²) in [5.41, 5.74) is -0.0330. The second-order valence-corrected chi connectivity index (χ2v) is 3.54. The van der Waals surface area contributed by atoms with Crippen LogP contribution in [0.4, 0.5) is 0 Å². The zero-order valence-corrected chi connectivity index (χ0v) is 9.04. The Morgan fingerprint density at radius 3 is 3.08 bits per heavy atom. The number of allylic oxidation sites excluding steroid dienone is 1. The van der Waals surface area contributed by atoms with Crippen molar-refractivity contribution in [1.82, 2.24) is 9.55 Å². The molecule has 0 N–H and O–H groups in total. The number of halogens is 1. The fourth-order valence-corrected chi connectivity index (χ4v) is 1.35. The Kier molecular flexibility index (Phi) is 3.42. The average Bonchev–Trinajstić information content (AvgIpc) is 2.12. The molecule has 1 aromatic heterocycles. The van der Waals surface area contributed by atoms with Gasteiger partial charge in [-0.1, -0.05) is 6.08 Å². The highest BCUT2D eigenvalue weighted by molar-refractivity contribution is 9.10. The number of hydrogen-bond acceptors (Lipinski definition) is 2. The van der Waals surface area contributed by atoms with E-state index in [9.17, 15) is 4.79 Å². The van der Waals surface area contributed by atoms with Gasteiger partial charge in [-0.2, -0.15) is 0 Å². The molecule has 4 heteroatoms. The van der Waals surface area contributed by atoms with Crippen LogP contribution in [0.15, 0.2) is 28.1 Å². The maximum atomic E-state index is 11.5. The highest BCUT2D eigenvalue weighted by Gasteiger charge is 2.03. The fraction of sp³-hybridized carbons (Fsp3) is 0.333. The van der Waals surface area contributed by atoms with Gasteiger partial charge in [0.1, 0.15) is 10.3 Å². The molecule has 13 heavy (non-hydrogen) atoms. The summed E-state index contributed by atoms with van der Waals surface area (Å²) < 4.78 is 2.13. The summed E-state index contributed by atoms with van der Waals surface area (Å²) in [4.78, 5) is 15.6. The SMILES string of the molecule is C=CCCn1c(C)ncc(Br)c1=O. The first-order valence-electron chi connectivity index (χ1n) is 3.99. The highest BCUT2D eigenvalue weighted by Crippen LogP contribution is 2.01. The van der Waals surface area contributed by atoms with Gasteiger partial charge in [-0.15, -0.1) is 6.58 Å². The third-order valence-corrected chi connectivity index (χ3v) is 2.31. The van der Waals surface area contributed by atoms with Crippen LogP contribution in [-0.2, 0) is 6.54 Å². The van der Waals surface area contributed by atoms with Gasteiger partial charge in [0.2, 0.25) is 0 Å². The number of aryl methyl sites for hydroxylation is 1. The third kappa shape index (κ3) is 2.28. The maximum Gasteiger partial charge on any atom is 0.267 e. The van der Waals surface area contributed by atoms with E-state index in [1.807, 2.05) is 6.92 Å². The molecule has 0 fully saturated rings. The van der Waals surface area contributed by atoms with Crippen molar-refractivity contribution in [2.75, 3.05) is 0 Å². The van der Waals surface area contributed by atoms with E-state index in [2.05, 4.69) is 27.5 Å². The van der Waals surface area contributed by atoms with Crippen molar-refractivity contribution in [2.45, 2.75) is 19.9 Å². The molecule has 0 saturated carbocycles. The monoisotopic (exact) mass is 242 g/mol.